The Kier molecular flexibility index (Phi) is 9.23. The molecule has 0 spiro atoms. The number of pyridine rings is 1. The second-order valence-electron chi connectivity index (χ2n) is 12.4. The summed E-state index contributed by atoms with van der Waals surface area (Å²) in [6.07, 6.45) is 10.2. The molecule has 0 saturated carbocycles. The van der Waals surface area contributed by atoms with Gasteiger partial charge >= 0.3 is 12.1 Å². The Morgan fingerprint density at radius 1 is 1.07 bits per heavy atom. The Bertz CT molecular complexity index is 1370. The molecule has 0 unspecified atom stereocenters. The van der Waals surface area contributed by atoms with E-state index in [0.29, 0.717) is 31.4 Å². The standard InChI is InChI=1S/C31H43N3O6S/c1-21-17-34(20-38-15-16-41(6,7)8)28-27(21)26(13-14-32-28)39-23-11-9-22(10-12-23)24-18-33(19-25(24)29(35)37-5)30(36)40-31(2,3)4/h9-14,17,24-25H,15-16,18-20H2,1-8H3/t24-,25+/m1/s1. The number of likely N-dealkylation sites (tertiary alicyclic amines) is 1. The van der Waals surface area contributed by atoms with Crippen molar-refractivity contribution in [3.63, 3.8) is 0 Å². The van der Waals surface area contributed by atoms with Gasteiger partial charge in [-0.3, -0.25) is 4.79 Å². The van der Waals surface area contributed by atoms with Crippen LogP contribution >= 0.6 is 10.0 Å². The molecular formula is C31H43N3O6S. The second kappa shape index (κ2) is 12.3. The summed E-state index contributed by atoms with van der Waals surface area (Å²) in [6.45, 7) is 9.28. The third-order valence-corrected chi connectivity index (χ3v) is 8.38. The van der Waals surface area contributed by atoms with E-state index in [1.54, 1.807) is 11.1 Å². The van der Waals surface area contributed by atoms with E-state index in [0.717, 1.165) is 27.9 Å². The summed E-state index contributed by atoms with van der Waals surface area (Å²) in [7, 11) is 0.767. The van der Waals surface area contributed by atoms with Crippen LogP contribution in [0.4, 0.5) is 4.79 Å². The first-order valence-corrected chi connectivity index (χ1v) is 16.8. The number of nitrogens with zero attached hydrogens (tertiary/aromatic N) is 3. The molecule has 1 aliphatic rings. The van der Waals surface area contributed by atoms with Crippen molar-refractivity contribution >= 4 is 33.1 Å². The van der Waals surface area contributed by atoms with E-state index in [2.05, 4.69) is 23.8 Å². The first kappa shape index (κ1) is 30.7. The van der Waals surface area contributed by atoms with Crippen molar-refractivity contribution in [1.29, 1.82) is 0 Å². The first-order valence-electron chi connectivity index (χ1n) is 13.8. The maximum absolute atomic E-state index is 12.7. The molecule has 1 aliphatic heterocycles. The Labute approximate surface area is 244 Å². The van der Waals surface area contributed by atoms with E-state index < -0.39 is 27.6 Å². The molecule has 0 bridgehead atoms. The van der Waals surface area contributed by atoms with Crippen molar-refractivity contribution < 1.29 is 28.5 Å². The van der Waals surface area contributed by atoms with Crippen LogP contribution in [-0.2, 0) is 25.7 Å². The lowest BCUT2D eigenvalue weighted by Gasteiger charge is -2.24. The summed E-state index contributed by atoms with van der Waals surface area (Å²) in [5.41, 5.74) is 2.18. The van der Waals surface area contributed by atoms with Crippen molar-refractivity contribution in [1.82, 2.24) is 14.5 Å². The van der Waals surface area contributed by atoms with Gasteiger partial charge in [0.15, 0.2) is 0 Å². The highest BCUT2D eigenvalue weighted by Crippen LogP contribution is 2.37. The monoisotopic (exact) mass is 585 g/mol. The van der Waals surface area contributed by atoms with Crippen molar-refractivity contribution in [2.75, 3.05) is 51.3 Å². The molecule has 2 atom stereocenters. The number of ether oxygens (including phenoxy) is 4. The van der Waals surface area contributed by atoms with Crippen LogP contribution in [0.1, 0.15) is 37.8 Å². The van der Waals surface area contributed by atoms with E-state index in [4.69, 9.17) is 18.9 Å². The number of hydrogen-bond donors (Lipinski definition) is 0. The van der Waals surface area contributed by atoms with Crippen LogP contribution < -0.4 is 4.74 Å². The van der Waals surface area contributed by atoms with Crippen LogP contribution in [0, 0.1) is 12.8 Å². The van der Waals surface area contributed by atoms with Crippen LogP contribution in [0.15, 0.2) is 42.7 Å². The third-order valence-electron chi connectivity index (χ3n) is 6.99. The van der Waals surface area contributed by atoms with Crippen molar-refractivity contribution in [3.05, 3.63) is 53.9 Å². The molecule has 1 fully saturated rings. The topological polar surface area (TPSA) is 92.1 Å². The molecular weight excluding hydrogens is 542 g/mol. The SMILES string of the molecule is COC(=O)[C@H]1CN(C(=O)OC(C)(C)C)C[C@@H]1c1ccc(Oc2ccnc3c2c(C)cn3COCCS(C)(C)C)cc1. The fourth-order valence-electron chi connectivity index (χ4n) is 4.95. The highest BCUT2D eigenvalue weighted by atomic mass is 32.3. The lowest BCUT2D eigenvalue weighted by molar-refractivity contribution is -0.145. The smallest absolute Gasteiger partial charge is 0.410 e. The van der Waals surface area contributed by atoms with Gasteiger partial charge in [0.05, 0.1) is 25.0 Å². The number of rotatable bonds is 9. The van der Waals surface area contributed by atoms with Crippen LogP contribution in [0.2, 0.25) is 0 Å². The molecule has 224 valence electrons. The predicted molar refractivity (Wildman–Crippen MR) is 163 cm³/mol. The van der Waals surface area contributed by atoms with E-state index in [9.17, 15) is 9.59 Å². The summed E-state index contributed by atoms with van der Waals surface area (Å²) < 4.78 is 24.9. The summed E-state index contributed by atoms with van der Waals surface area (Å²) in [4.78, 5) is 31.5. The summed E-state index contributed by atoms with van der Waals surface area (Å²) in [5.74, 6) is 1.39. The number of carbonyl (C=O) groups is 2. The summed E-state index contributed by atoms with van der Waals surface area (Å²) in [5, 5.41) is 0.941. The van der Waals surface area contributed by atoms with Gasteiger partial charge in [-0.2, -0.15) is 0 Å². The molecule has 41 heavy (non-hydrogen) atoms. The molecule has 4 rings (SSSR count). The van der Waals surface area contributed by atoms with Crippen LogP contribution in [0.3, 0.4) is 0 Å². The van der Waals surface area contributed by atoms with Gasteiger partial charge < -0.3 is 28.4 Å². The number of aromatic nitrogens is 2. The van der Waals surface area contributed by atoms with Crippen LogP contribution in [-0.4, -0.2) is 83.4 Å². The minimum Gasteiger partial charge on any atom is -0.469 e. The minimum absolute atomic E-state index is 0.215. The zero-order valence-corrected chi connectivity index (χ0v) is 26.2. The third kappa shape index (κ3) is 7.74. The zero-order valence-electron chi connectivity index (χ0n) is 25.4. The number of esters is 1. The van der Waals surface area contributed by atoms with E-state index >= 15 is 0 Å². The largest absolute Gasteiger partial charge is 0.469 e. The predicted octanol–water partition coefficient (Wildman–Crippen LogP) is 5.93. The second-order valence-corrected chi connectivity index (χ2v) is 17.0. The number of aryl methyl sites for hydroxylation is 1. The average Bonchev–Trinajstić information content (AvgIpc) is 3.48. The molecule has 2 aromatic heterocycles. The van der Waals surface area contributed by atoms with E-state index in [1.165, 1.54) is 7.11 Å². The van der Waals surface area contributed by atoms with Gasteiger partial charge in [-0.25, -0.2) is 19.8 Å². The maximum atomic E-state index is 12.7. The fraction of sp³-hybridized carbons (Fsp3) is 0.516. The van der Waals surface area contributed by atoms with Crippen molar-refractivity contribution in [2.24, 2.45) is 5.92 Å². The minimum atomic E-state index is -0.618. The van der Waals surface area contributed by atoms with Gasteiger partial charge in [0.2, 0.25) is 0 Å². The van der Waals surface area contributed by atoms with Gasteiger partial charge in [-0.1, -0.05) is 12.1 Å². The van der Waals surface area contributed by atoms with E-state index in [1.807, 2.05) is 68.8 Å². The lowest BCUT2D eigenvalue weighted by atomic mass is 9.89. The van der Waals surface area contributed by atoms with Crippen LogP contribution in [0.5, 0.6) is 11.5 Å². The summed E-state index contributed by atoms with van der Waals surface area (Å²) in [6, 6.07) is 9.51. The molecule has 1 saturated heterocycles. The highest BCUT2D eigenvalue weighted by Gasteiger charge is 2.42. The Hall–Kier alpha value is -3.24. The lowest BCUT2D eigenvalue weighted by Crippen LogP contribution is -2.36. The molecule has 1 aromatic carbocycles. The van der Waals surface area contributed by atoms with Crippen molar-refractivity contribution in [3.8, 4) is 11.5 Å². The van der Waals surface area contributed by atoms with Gasteiger partial charge in [0.25, 0.3) is 0 Å². The Morgan fingerprint density at radius 2 is 1.78 bits per heavy atom. The molecule has 3 heterocycles. The molecule has 10 heteroatoms. The normalized spacial score (nSPS) is 18.0. The molecule has 0 radical (unpaired) electrons. The number of hydrogen-bond acceptors (Lipinski definition) is 7. The van der Waals surface area contributed by atoms with Gasteiger partial charge in [-0.05, 0) is 75.8 Å². The van der Waals surface area contributed by atoms with Crippen LogP contribution in [0.25, 0.3) is 11.0 Å². The first-order chi connectivity index (χ1) is 19.3. The molecule has 1 amide bonds. The van der Waals surface area contributed by atoms with Crippen molar-refractivity contribution in [2.45, 2.75) is 45.9 Å². The summed E-state index contributed by atoms with van der Waals surface area (Å²) >= 11 is 0. The van der Waals surface area contributed by atoms with E-state index in [-0.39, 0.29) is 18.4 Å². The maximum Gasteiger partial charge on any atom is 0.410 e. The van der Waals surface area contributed by atoms with Gasteiger partial charge in [-0.15, -0.1) is 0 Å². The molecule has 0 N–H and O–H groups in total. The number of benzene rings is 1. The fourth-order valence-corrected chi connectivity index (χ4v) is 5.57. The molecule has 3 aromatic rings. The molecule has 0 aliphatic carbocycles. The quantitative estimate of drug-likeness (QED) is 0.227. The Balaban J connectivity index is 1.49. The number of carbonyl (C=O) groups excluding carboxylic acids is 2. The Morgan fingerprint density at radius 3 is 2.41 bits per heavy atom. The van der Waals surface area contributed by atoms with Gasteiger partial charge in [0.1, 0.15) is 29.5 Å². The van der Waals surface area contributed by atoms with Gasteiger partial charge in [0, 0.05) is 37.2 Å². The zero-order chi connectivity index (χ0) is 29.9. The average molecular weight is 586 g/mol. The number of amides is 1. The highest BCUT2D eigenvalue weighted by molar-refractivity contribution is 8.32. The molecule has 9 nitrogen and oxygen atoms in total. The number of methoxy groups -OCH3 is 1. The number of fused-ring (bicyclic) bond motifs is 1.